The van der Waals surface area contributed by atoms with Gasteiger partial charge in [0.05, 0.1) is 23.2 Å². The van der Waals surface area contributed by atoms with Gasteiger partial charge >= 0.3 is 5.97 Å². The summed E-state index contributed by atoms with van der Waals surface area (Å²) >= 11 is 0. The molecule has 1 aliphatic heterocycles. The number of benzene rings is 3. The number of Topliss-reactive ketones (excluding diaryl/α,β-unsaturated/α-hetero) is 1. The van der Waals surface area contributed by atoms with Crippen LogP contribution in [0.2, 0.25) is 0 Å². The monoisotopic (exact) mass is 502 g/mol. The number of nitrogens with zero attached hydrogens (tertiary/aromatic N) is 2. The third-order valence-electron chi connectivity index (χ3n) is 6.35. The van der Waals surface area contributed by atoms with Gasteiger partial charge in [0.1, 0.15) is 5.75 Å². The first-order chi connectivity index (χ1) is 17.2. The van der Waals surface area contributed by atoms with E-state index in [4.69, 9.17) is 4.74 Å². The summed E-state index contributed by atoms with van der Waals surface area (Å²) in [5.74, 6) is -2.69. The predicted molar refractivity (Wildman–Crippen MR) is 136 cm³/mol. The Morgan fingerprint density at radius 2 is 1.67 bits per heavy atom. The second-order valence-electron chi connectivity index (χ2n) is 8.36. The standard InChI is InChI=1S/C27H22N2O6S/c1-28-22-9-5-4-8-21(22)26(30)25(27(31)32)24(28)15-17-16-29(23-10-6-3-7-20(17)23)36(33,34)19-13-11-18(35-2)12-14-19/h3-16,25H,1-2H3,(H,31,32). The Kier molecular flexibility index (Phi) is 5.64. The van der Waals surface area contributed by atoms with Crippen LogP contribution in [0.15, 0.2) is 89.6 Å². The van der Waals surface area contributed by atoms with Crippen molar-refractivity contribution in [3.8, 4) is 5.75 Å². The summed E-state index contributed by atoms with van der Waals surface area (Å²) in [4.78, 5) is 27.0. The van der Waals surface area contributed by atoms with E-state index in [9.17, 15) is 23.1 Å². The fourth-order valence-corrected chi connectivity index (χ4v) is 5.90. The first-order valence-electron chi connectivity index (χ1n) is 11.0. The number of carbonyl (C=O) groups excluding carboxylic acids is 1. The van der Waals surface area contributed by atoms with E-state index in [1.807, 2.05) is 0 Å². The lowest BCUT2D eigenvalue weighted by molar-refractivity contribution is -0.138. The van der Waals surface area contributed by atoms with E-state index in [2.05, 4.69) is 0 Å². The number of methoxy groups -OCH3 is 1. The molecule has 0 aliphatic carbocycles. The van der Waals surface area contributed by atoms with Crippen LogP contribution in [-0.4, -0.2) is 43.4 Å². The van der Waals surface area contributed by atoms with E-state index in [-0.39, 0.29) is 10.6 Å². The Hall–Kier alpha value is -4.37. The van der Waals surface area contributed by atoms with E-state index >= 15 is 0 Å². The SMILES string of the molecule is COc1ccc(S(=O)(=O)n2cc(C=C3C(C(=O)O)C(=O)c4ccccc4N3C)c3ccccc32)cc1. The molecule has 0 radical (unpaired) electrons. The van der Waals surface area contributed by atoms with Crippen molar-refractivity contribution < 1.29 is 27.9 Å². The van der Waals surface area contributed by atoms with Crippen molar-refractivity contribution in [2.75, 3.05) is 19.1 Å². The fourth-order valence-electron chi connectivity index (χ4n) is 4.53. The Labute approximate surface area is 207 Å². The zero-order valence-electron chi connectivity index (χ0n) is 19.5. The molecule has 8 nitrogen and oxygen atoms in total. The molecule has 1 aliphatic rings. The number of anilines is 1. The lowest BCUT2D eigenvalue weighted by Crippen LogP contribution is -2.38. The van der Waals surface area contributed by atoms with Crippen molar-refractivity contribution in [3.05, 3.63) is 95.8 Å². The van der Waals surface area contributed by atoms with Gasteiger partial charge in [0, 0.05) is 35.5 Å². The number of rotatable bonds is 5. The molecule has 0 bridgehead atoms. The number of aromatic nitrogens is 1. The number of para-hydroxylation sites is 2. The van der Waals surface area contributed by atoms with Crippen LogP contribution >= 0.6 is 0 Å². The summed E-state index contributed by atoms with van der Waals surface area (Å²) in [6.45, 7) is 0. The van der Waals surface area contributed by atoms with Crippen LogP contribution in [0.1, 0.15) is 15.9 Å². The highest BCUT2D eigenvalue weighted by molar-refractivity contribution is 7.90. The van der Waals surface area contributed by atoms with E-state index < -0.39 is 27.7 Å². The fraction of sp³-hybridized carbons (Fsp3) is 0.111. The Morgan fingerprint density at radius 1 is 1.00 bits per heavy atom. The van der Waals surface area contributed by atoms with Crippen molar-refractivity contribution in [1.29, 1.82) is 0 Å². The third-order valence-corrected chi connectivity index (χ3v) is 8.04. The van der Waals surface area contributed by atoms with Crippen molar-refractivity contribution in [2.45, 2.75) is 4.90 Å². The summed E-state index contributed by atoms with van der Waals surface area (Å²) in [6, 6.07) is 19.8. The van der Waals surface area contributed by atoms with Crippen LogP contribution in [0.25, 0.3) is 17.0 Å². The molecule has 1 aromatic heterocycles. The maximum Gasteiger partial charge on any atom is 0.320 e. The van der Waals surface area contributed by atoms with Crippen LogP contribution < -0.4 is 9.64 Å². The van der Waals surface area contributed by atoms with E-state index in [1.54, 1.807) is 78.7 Å². The van der Waals surface area contributed by atoms with Gasteiger partial charge in [-0.15, -0.1) is 0 Å². The normalized spacial score (nSPS) is 16.8. The molecule has 2 heterocycles. The average molecular weight is 503 g/mol. The van der Waals surface area contributed by atoms with E-state index in [0.29, 0.717) is 33.5 Å². The average Bonchev–Trinajstić information content (AvgIpc) is 3.26. The second kappa shape index (κ2) is 8.69. The molecule has 1 N–H and O–H groups in total. The Morgan fingerprint density at radius 3 is 2.36 bits per heavy atom. The Balaban J connectivity index is 1.70. The van der Waals surface area contributed by atoms with Gasteiger partial charge in [0.15, 0.2) is 11.7 Å². The molecule has 4 aromatic rings. The van der Waals surface area contributed by atoms with Gasteiger partial charge in [0.25, 0.3) is 10.0 Å². The number of aliphatic carboxylic acids is 1. The molecule has 182 valence electrons. The van der Waals surface area contributed by atoms with Crippen molar-refractivity contribution >= 4 is 44.4 Å². The third kappa shape index (κ3) is 3.64. The molecular weight excluding hydrogens is 480 g/mol. The molecule has 1 unspecified atom stereocenters. The minimum atomic E-state index is -3.98. The van der Waals surface area contributed by atoms with Crippen molar-refractivity contribution in [2.24, 2.45) is 5.92 Å². The predicted octanol–water partition coefficient (Wildman–Crippen LogP) is 4.26. The maximum atomic E-state index is 13.5. The van der Waals surface area contributed by atoms with Crippen LogP contribution in [0.4, 0.5) is 5.69 Å². The quantitative estimate of drug-likeness (QED) is 0.407. The van der Waals surface area contributed by atoms with Gasteiger partial charge in [-0.1, -0.05) is 30.3 Å². The number of ketones is 1. The molecule has 9 heteroatoms. The van der Waals surface area contributed by atoms with Gasteiger partial charge in [-0.2, -0.15) is 0 Å². The summed E-state index contributed by atoms with van der Waals surface area (Å²) in [5.41, 5.74) is 2.06. The lowest BCUT2D eigenvalue weighted by atomic mass is 9.87. The zero-order chi connectivity index (χ0) is 25.6. The van der Waals surface area contributed by atoms with Gasteiger partial charge in [-0.05, 0) is 48.5 Å². The highest BCUT2D eigenvalue weighted by atomic mass is 32.2. The lowest BCUT2D eigenvalue weighted by Gasteiger charge is -2.33. The van der Waals surface area contributed by atoms with Gasteiger partial charge < -0.3 is 14.7 Å². The molecule has 36 heavy (non-hydrogen) atoms. The first kappa shape index (κ1) is 23.4. The molecule has 0 amide bonds. The number of carboxylic acid groups (broad SMARTS) is 1. The largest absolute Gasteiger partial charge is 0.497 e. The van der Waals surface area contributed by atoms with E-state index in [0.717, 1.165) is 0 Å². The highest BCUT2D eigenvalue weighted by Gasteiger charge is 2.39. The van der Waals surface area contributed by atoms with Gasteiger partial charge in [-0.3, -0.25) is 9.59 Å². The van der Waals surface area contributed by atoms with Crippen molar-refractivity contribution in [1.82, 2.24) is 3.97 Å². The first-order valence-corrected chi connectivity index (χ1v) is 12.5. The second-order valence-corrected chi connectivity index (χ2v) is 10.2. The molecule has 0 saturated heterocycles. The number of hydrogen-bond acceptors (Lipinski definition) is 6. The molecule has 5 rings (SSSR count). The summed E-state index contributed by atoms with van der Waals surface area (Å²) in [7, 11) is -0.785. The smallest absolute Gasteiger partial charge is 0.320 e. The number of carboxylic acids is 1. The van der Waals surface area contributed by atoms with Crippen LogP contribution in [0.3, 0.4) is 0 Å². The molecule has 0 saturated carbocycles. The number of carbonyl (C=O) groups is 2. The van der Waals surface area contributed by atoms with Crippen LogP contribution in [0, 0.1) is 5.92 Å². The Bertz CT molecular complexity index is 1650. The molecule has 0 spiro atoms. The maximum absolute atomic E-state index is 13.5. The number of hydrogen-bond donors (Lipinski definition) is 1. The minimum absolute atomic E-state index is 0.0746. The topological polar surface area (TPSA) is 106 Å². The summed E-state index contributed by atoms with van der Waals surface area (Å²) < 4.78 is 33.4. The summed E-state index contributed by atoms with van der Waals surface area (Å²) in [5, 5.41) is 10.5. The minimum Gasteiger partial charge on any atom is -0.497 e. The van der Waals surface area contributed by atoms with Crippen LogP contribution in [-0.2, 0) is 14.8 Å². The number of fused-ring (bicyclic) bond motifs is 2. The number of ether oxygens (including phenoxy) is 1. The van der Waals surface area contributed by atoms with Crippen molar-refractivity contribution in [3.63, 3.8) is 0 Å². The van der Waals surface area contributed by atoms with Gasteiger partial charge in [0.2, 0.25) is 0 Å². The molecule has 1 atom stereocenters. The summed E-state index contributed by atoms with van der Waals surface area (Å²) in [6.07, 6.45) is 3.03. The highest BCUT2D eigenvalue weighted by Crippen LogP contribution is 2.37. The molecule has 0 fully saturated rings. The van der Waals surface area contributed by atoms with Crippen LogP contribution in [0.5, 0.6) is 5.75 Å². The van der Waals surface area contributed by atoms with Gasteiger partial charge in [-0.25, -0.2) is 12.4 Å². The molecular formula is C27H22N2O6S. The molecule has 3 aromatic carbocycles. The zero-order valence-corrected chi connectivity index (χ0v) is 20.3. The van der Waals surface area contributed by atoms with E-state index in [1.165, 1.54) is 29.4 Å².